The summed E-state index contributed by atoms with van der Waals surface area (Å²) in [5.74, 6) is -0.863. The first-order chi connectivity index (χ1) is 20.1. The molecule has 0 radical (unpaired) electrons. The Hall–Kier alpha value is -3.53. The van der Waals surface area contributed by atoms with E-state index in [9.17, 15) is 31.1 Å². The molecule has 0 saturated carbocycles. The normalized spacial score (nSPS) is 18.8. The Balaban J connectivity index is 1.69. The second kappa shape index (κ2) is 12.6. The van der Waals surface area contributed by atoms with Crippen LogP contribution in [0.15, 0.2) is 56.8 Å². The second-order valence-electron chi connectivity index (χ2n) is 10.7. The van der Waals surface area contributed by atoms with E-state index in [-0.39, 0.29) is 70.6 Å². The van der Waals surface area contributed by atoms with E-state index in [0.29, 0.717) is 5.56 Å². The molecule has 15 heteroatoms. The molecule has 1 aliphatic heterocycles. The number of carbonyl (C=O) groups excluding carboxylic acids is 1. The molecule has 0 bridgehead atoms. The molecule has 0 spiro atoms. The molecule has 2 aromatic carbocycles. The molecular weight excluding hydrogens is 603 g/mol. The maximum atomic E-state index is 13.5. The van der Waals surface area contributed by atoms with Gasteiger partial charge in [0.1, 0.15) is 28.3 Å². The number of aliphatic hydroxyl groups excluding tert-OH is 1. The van der Waals surface area contributed by atoms with Gasteiger partial charge in [0.15, 0.2) is 5.76 Å². The molecule has 3 aromatic rings. The largest absolute Gasteiger partial charge is 0.488 e. The summed E-state index contributed by atoms with van der Waals surface area (Å²) in [5.41, 5.74) is 0.722. The number of sulfonamides is 2. The average Bonchev–Trinajstić information content (AvgIpc) is 3.31. The van der Waals surface area contributed by atoms with Crippen molar-refractivity contribution in [3.05, 3.63) is 65.3 Å². The Labute approximate surface area is 250 Å². The van der Waals surface area contributed by atoms with Crippen LogP contribution in [0.4, 0.5) is 10.1 Å². The number of carbonyl (C=O) groups is 1. The Kier molecular flexibility index (Phi) is 9.49. The molecule has 2 N–H and O–H groups in total. The van der Waals surface area contributed by atoms with Crippen LogP contribution >= 0.6 is 0 Å². The van der Waals surface area contributed by atoms with Gasteiger partial charge in [0, 0.05) is 30.8 Å². The maximum absolute atomic E-state index is 13.5. The Morgan fingerprint density at radius 1 is 1.16 bits per heavy atom. The van der Waals surface area contributed by atoms with Crippen molar-refractivity contribution < 1.29 is 40.4 Å². The summed E-state index contributed by atoms with van der Waals surface area (Å²) in [7, 11) is -6.67. The number of nitrogens with zero attached hydrogens (tertiary/aromatic N) is 3. The molecule has 1 aliphatic rings. The summed E-state index contributed by atoms with van der Waals surface area (Å²) in [4.78, 5) is 14.8. The highest BCUT2D eigenvalue weighted by molar-refractivity contribution is 7.92. The Morgan fingerprint density at radius 3 is 2.44 bits per heavy atom. The van der Waals surface area contributed by atoms with Crippen molar-refractivity contribution >= 4 is 31.6 Å². The highest BCUT2D eigenvalue weighted by Gasteiger charge is 2.35. The van der Waals surface area contributed by atoms with Crippen LogP contribution < -0.4 is 9.46 Å². The van der Waals surface area contributed by atoms with E-state index >= 15 is 0 Å². The molecule has 0 saturated heterocycles. The predicted molar refractivity (Wildman–Crippen MR) is 155 cm³/mol. The van der Waals surface area contributed by atoms with Crippen molar-refractivity contribution in [3.8, 4) is 5.75 Å². The van der Waals surface area contributed by atoms with Crippen molar-refractivity contribution in [2.75, 3.05) is 31.5 Å². The number of rotatable bonds is 9. The van der Waals surface area contributed by atoms with Gasteiger partial charge in [-0.15, -0.1) is 0 Å². The third kappa shape index (κ3) is 7.00. The van der Waals surface area contributed by atoms with Crippen LogP contribution in [0, 0.1) is 25.6 Å². The van der Waals surface area contributed by atoms with Crippen molar-refractivity contribution in [2.45, 2.75) is 56.1 Å². The highest BCUT2D eigenvalue weighted by atomic mass is 32.2. The third-order valence-corrected chi connectivity index (χ3v) is 10.8. The van der Waals surface area contributed by atoms with Crippen LogP contribution in [-0.2, 0) is 31.3 Å². The summed E-state index contributed by atoms with van der Waals surface area (Å²) < 4.78 is 81.1. The van der Waals surface area contributed by atoms with Gasteiger partial charge in [-0.25, -0.2) is 21.2 Å². The zero-order valence-corrected chi connectivity index (χ0v) is 26.1. The second-order valence-corrected chi connectivity index (χ2v) is 14.4. The summed E-state index contributed by atoms with van der Waals surface area (Å²) >= 11 is 0. The number of likely N-dealkylation sites (N-methyl/N-ethyl adjacent to an activating group) is 1. The lowest BCUT2D eigenvalue weighted by Crippen LogP contribution is -2.48. The molecule has 0 fully saturated rings. The number of ether oxygens (including phenoxy) is 1. The number of halogens is 1. The van der Waals surface area contributed by atoms with E-state index in [1.165, 1.54) is 44.0 Å². The zero-order valence-electron chi connectivity index (χ0n) is 24.4. The minimum atomic E-state index is -4.07. The molecular formula is C28H35FN4O8S2. The van der Waals surface area contributed by atoms with Gasteiger partial charge in [0.25, 0.3) is 10.0 Å². The number of aliphatic hydroxyl groups is 1. The average molecular weight is 639 g/mol. The van der Waals surface area contributed by atoms with Gasteiger partial charge >= 0.3 is 0 Å². The number of aromatic nitrogens is 1. The van der Waals surface area contributed by atoms with Crippen molar-refractivity contribution in [1.82, 2.24) is 14.4 Å². The van der Waals surface area contributed by atoms with Crippen LogP contribution in [0.25, 0.3) is 0 Å². The summed E-state index contributed by atoms with van der Waals surface area (Å²) in [5, 5.41) is 13.6. The SMILES string of the molecule is Cc1noc(C)c1S(=O)(=O)N(C)C[C@H]1Oc2ccc(NS(=O)(=O)c3ccc(F)cc3)cc2CC(=O)N([C@@H](C)CO)C[C@@H]1C. The Bertz CT molecular complexity index is 1670. The maximum Gasteiger partial charge on any atom is 0.261 e. The lowest BCUT2D eigenvalue weighted by molar-refractivity contribution is -0.134. The van der Waals surface area contributed by atoms with E-state index in [4.69, 9.17) is 9.26 Å². The van der Waals surface area contributed by atoms with Gasteiger partial charge in [0.05, 0.1) is 30.5 Å². The van der Waals surface area contributed by atoms with Crippen LogP contribution in [0.1, 0.15) is 30.9 Å². The first-order valence-electron chi connectivity index (χ1n) is 13.5. The molecule has 12 nitrogen and oxygen atoms in total. The number of fused-ring (bicyclic) bond motifs is 1. The Morgan fingerprint density at radius 2 is 1.84 bits per heavy atom. The third-order valence-electron chi connectivity index (χ3n) is 7.37. The van der Waals surface area contributed by atoms with E-state index in [2.05, 4.69) is 9.88 Å². The molecule has 234 valence electrons. The molecule has 1 amide bonds. The monoisotopic (exact) mass is 638 g/mol. The van der Waals surface area contributed by atoms with Gasteiger partial charge in [-0.05, 0) is 63.2 Å². The molecule has 43 heavy (non-hydrogen) atoms. The van der Waals surface area contributed by atoms with Crippen molar-refractivity contribution in [2.24, 2.45) is 5.92 Å². The number of benzene rings is 2. The van der Waals surface area contributed by atoms with Crippen molar-refractivity contribution in [3.63, 3.8) is 0 Å². The predicted octanol–water partition coefficient (Wildman–Crippen LogP) is 2.70. The number of hydrogen-bond donors (Lipinski definition) is 2. The fourth-order valence-electron chi connectivity index (χ4n) is 4.89. The number of aryl methyl sites for hydroxylation is 2. The molecule has 2 heterocycles. The van der Waals surface area contributed by atoms with Crippen LogP contribution in [-0.4, -0.2) is 81.1 Å². The highest BCUT2D eigenvalue weighted by Crippen LogP contribution is 2.31. The smallest absolute Gasteiger partial charge is 0.261 e. The number of amides is 1. The van der Waals surface area contributed by atoms with E-state index in [1.54, 1.807) is 6.92 Å². The number of hydrogen-bond acceptors (Lipinski definition) is 9. The van der Waals surface area contributed by atoms with E-state index in [0.717, 1.165) is 28.6 Å². The zero-order chi connectivity index (χ0) is 31.7. The van der Waals surface area contributed by atoms with Crippen LogP contribution in [0.5, 0.6) is 5.75 Å². The molecule has 0 unspecified atom stereocenters. The minimum absolute atomic E-state index is 0.0325. The van der Waals surface area contributed by atoms with Gasteiger partial charge in [-0.3, -0.25) is 9.52 Å². The fourth-order valence-corrected chi connectivity index (χ4v) is 7.40. The summed E-state index contributed by atoms with van der Waals surface area (Å²) in [6.45, 7) is 6.34. The van der Waals surface area contributed by atoms with Gasteiger partial charge in [-0.1, -0.05) is 12.1 Å². The van der Waals surface area contributed by atoms with Crippen LogP contribution in [0.3, 0.4) is 0 Å². The summed E-state index contributed by atoms with van der Waals surface area (Å²) in [6, 6.07) is 8.23. The molecule has 1 aromatic heterocycles. The summed E-state index contributed by atoms with van der Waals surface area (Å²) in [6.07, 6.45) is -0.918. The molecule has 0 aliphatic carbocycles. The molecule has 4 rings (SSSR count). The van der Waals surface area contributed by atoms with Crippen LogP contribution in [0.2, 0.25) is 0 Å². The minimum Gasteiger partial charge on any atom is -0.488 e. The van der Waals surface area contributed by atoms with E-state index in [1.807, 2.05) is 6.92 Å². The first kappa shape index (κ1) is 32.4. The number of nitrogens with one attached hydrogen (secondary N) is 1. The lowest BCUT2D eigenvalue weighted by Gasteiger charge is -2.33. The fraction of sp³-hybridized carbons (Fsp3) is 0.429. The quantitative estimate of drug-likeness (QED) is 0.359. The van der Waals surface area contributed by atoms with Crippen molar-refractivity contribution in [1.29, 1.82) is 0 Å². The van der Waals surface area contributed by atoms with Gasteiger partial charge < -0.3 is 19.3 Å². The lowest BCUT2D eigenvalue weighted by atomic mass is 10.0. The van der Waals surface area contributed by atoms with Gasteiger partial charge in [-0.2, -0.15) is 4.31 Å². The van der Waals surface area contributed by atoms with E-state index < -0.39 is 38.0 Å². The number of anilines is 1. The first-order valence-corrected chi connectivity index (χ1v) is 16.4. The standard InChI is InChI=1S/C28H35FN4O8S2/c1-17-14-33(18(2)16-34)27(35)13-21-12-23(31-42(36,37)24-9-6-22(29)7-10-24)8-11-25(21)40-26(17)15-32(5)43(38,39)28-19(3)30-41-20(28)4/h6-12,17-18,26,31,34H,13-16H2,1-5H3/t17-,18-,26+/m0/s1. The topological polar surface area (TPSA) is 159 Å². The van der Waals surface area contributed by atoms with Gasteiger partial charge in [0.2, 0.25) is 15.9 Å². The molecule has 3 atom stereocenters.